The number of hydrogen-bond acceptors (Lipinski definition) is 5. The van der Waals surface area contributed by atoms with E-state index in [0.717, 1.165) is 23.2 Å². The highest BCUT2D eigenvalue weighted by atomic mass is 32.2. The Labute approximate surface area is 85.7 Å². The maximum Gasteiger partial charge on any atom is 0.224 e. The van der Waals surface area contributed by atoms with Gasteiger partial charge in [0.2, 0.25) is 5.16 Å². The van der Waals surface area contributed by atoms with E-state index in [4.69, 9.17) is 5.14 Å². The molecule has 0 amide bonds. The van der Waals surface area contributed by atoms with Crippen molar-refractivity contribution in [3.63, 3.8) is 0 Å². The van der Waals surface area contributed by atoms with E-state index < -0.39 is 0 Å². The zero-order chi connectivity index (χ0) is 9.80. The summed E-state index contributed by atoms with van der Waals surface area (Å²) in [6.07, 6.45) is 1.62. The van der Waals surface area contributed by atoms with E-state index in [2.05, 4.69) is 15.2 Å². The number of aromatic nitrogens is 3. The molecule has 1 aromatic heterocycles. The first-order valence-corrected chi connectivity index (χ1v) is 4.90. The Bertz CT molecular complexity index is 418. The van der Waals surface area contributed by atoms with Gasteiger partial charge in [0, 0.05) is 5.56 Å². The number of benzene rings is 1. The van der Waals surface area contributed by atoms with Crippen LogP contribution in [-0.4, -0.2) is 15.2 Å². The van der Waals surface area contributed by atoms with E-state index in [9.17, 15) is 0 Å². The SMILES string of the molecule is NSc1nncc(-c2ccccc2)n1. The van der Waals surface area contributed by atoms with E-state index >= 15 is 0 Å². The second-order valence-corrected chi connectivity index (χ2v) is 3.21. The van der Waals surface area contributed by atoms with Crippen molar-refractivity contribution in [2.75, 3.05) is 0 Å². The Morgan fingerprint density at radius 1 is 1.14 bits per heavy atom. The van der Waals surface area contributed by atoms with E-state index in [1.54, 1.807) is 6.20 Å². The minimum absolute atomic E-state index is 0.478. The van der Waals surface area contributed by atoms with Gasteiger partial charge in [-0.25, -0.2) is 4.98 Å². The largest absolute Gasteiger partial charge is 0.271 e. The van der Waals surface area contributed by atoms with Gasteiger partial charge in [0.1, 0.15) is 0 Å². The molecule has 2 N–H and O–H groups in total. The van der Waals surface area contributed by atoms with Crippen LogP contribution in [0.1, 0.15) is 0 Å². The molecule has 0 radical (unpaired) electrons. The van der Waals surface area contributed by atoms with Gasteiger partial charge in [-0.05, 0) is 11.9 Å². The van der Waals surface area contributed by atoms with Gasteiger partial charge in [0.25, 0.3) is 0 Å². The van der Waals surface area contributed by atoms with Crippen molar-refractivity contribution in [1.82, 2.24) is 15.2 Å². The van der Waals surface area contributed by atoms with Crippen molar-refractivity contribution in [3.05, 3.63) is 36.5 Å². The Kier molecular flexibility index (Phi) is 2.71. The van der Waals surface area contributed by atoms with Crippen LogP contribution in [0.2, 0.25) is 0 Å². The maximum absolute atomic E-state index is 5.35. The quantitative estimate of drug-likeness (QED) is 0.751. The Morgan fingerprint density at radius 2 is 1.93 bits per heavy atom. The summed E-state index contributed by atoms with van der Waals surface area (Å²) in [4.78, 5) is 4.23. The molecule has 1 heterocycles. The molecule has 0 saturated carbocycles. The summed E-state index contributed by atoms with van der Waals surface area (Å²) in [5.74, 6) is 0. The average molecular weight is 204 g/mol. The van der Waals surface area contributed by atoms with Crippen LogP contribution >= 0.6 is 11.9 Å². The zero-order valence-corrected chi connectivity index (χ0v) is 8.11. The van der Waals surface area contributed by atoms with Crippen LogP contribution in [-0.2, 0) is 0 Å². The van der Waals surface area contributed by atoms with Gasteiger partial charge in [0.15, 0.2) is 0 Å². The van der Waals surface area contributed by atoms with Crippen molar-refractivity contribution in [2.24, 2.45) is 5.14 Å². The van der Waals surface area contributed by atoms with Gasteiger partial charge < -0.3 is 0 Å². The van der Waals surface area contributed by atoms with Gasteiger partial charge in [0.05, 0.1) is 11.9 Å². The molecule has 0 atom stereocenters. The molecule has 0 aliphatic rings. The second kappa shape index (κ2) is 4.17. The number of hydrogen-bond donors (Lipinski definition) is 1. The molecular formula is C9H8N4S. The first-order valence-electron chi connectivity index (χ1n) is 4.02. The fourth-order valence-corrected chi connectivity index (χ4v) is 1.33. The predicted octanol–water partition coefficient (Wildman–Crippen LogP) is 1.50. The molecule has 0 aliphatic heterocycles. The minimum atomic E-state index is 0.478. The molecule has 0 spiro atoms. The lowest BCUT2D eigenvalue weighted by Crippen LogP contribution is -1.94. The molecule has 1 aromatic carbocycles. The lowest BCUT2D eigenvalue weighted by atomic mass is 10.2. The molecule has 0 bridgehead atoms. The van der Waals surface area contributed by atoms with Crippen LogP contribution in [0.15, 0.2) is 41.7 Å². The van der Waals surface area contributed by atoms with Crippen molar-refractivity contribution in [2.45, 2.75) is 5.16 Å². The number of nitrogens with two attached hydrogens (primary N) is 1. The van der Waals surface area contributed by atoms with Crippen molar-refractivity contribution >= 4 is 11.9 Å². The molecule has 14 heavy (non-hydrogen) atoms. The topological polar surface area (TPSA) is 64.7 Å². The summed E-state index contributed by atoms with van der Waals surface area (Å²) in [5, 5.41) is 13.4. The minimum Gasteiger partial charge on any atom is -0.271 e. The third kappa shape index (κ3) is 1.89. The maximum atomic E-state index is 5.35. The summed E-state index contributed by atoms with van der Waals surface area (Å²) >= 11 is 0.993. The molecule has 0 fully saturated rings. The van der Waals surface area contributed by atoms with E-state index in [-0.39, 0.29) is 0 Å². The summed E-state index contributed by atoms with van der Waals surface area (Å²) in [6, 6.07) is 9.79. The first-order chi connectivity index (χ1) is 6.90. The van der Waals surface area contributed by atoms with Crippen LogP contribution in [0.25, 0.3) is 11.3 Å². The smallest absolute Gasteiger partial charge is 0.224 e. The van der Waals surface area contributed by atoms with Crippen LogP contribution < -0.4 is 5.14 Å². The van der Waals surface area contributed by atoms with Crippen molar-refractivity contribution in [3.8, 4) is 11.3 Å². The molecule has 0 aliphatic carbocycles. The van der Waals surface area contributed by atoms with Crippen molar-refractivity contribution < 1.29 is 0 Å². The first kappa shape index (κ1) is 9.11. The third-order valence-electron chi connectivity index (χ3n) is 1.71. The zero-order valence-electron chi connectivity index (χ0n) is 7.29. The predicted molar refractivity (Wildman–Crippen MR) is 55.3 cm³/mol. The van der Waals surface area contributed by atoms with E-state index in [0.29, 0.717) is 5.16 Å². The molecular weight excluding hydrogens is 196 g/mol. The van der Waals surface area contributed by atoms with Crippen LogP contribution in [0, 0.1) is 0 Å². The van der Waals surface area contributed by atoms with Gasteiger partial charge >= 0.3 is 0 Å². The lowest BCUT2D eigenvalue weighted by Gasteiger charge is -1.99. The summed E-state index contributed by atoms with van der Waals surface area (Å²) in [5.41, 5.74) is 1.80. The van der Waals surface area contributed by atoms with Crippen LogP contribution in [0.5, 0.6) is 0 Å². The van der Waals surface area contributed by atoms with E-state index in [1.807, 2.05) is 30.3 Å². The van der Waals surface area contributed by atoms with Gasteiger partial charge in [-0.1, -0.05) is 30.3 Å². The van der Waals surface area contributed by atoms with Gasteiger partial charge in [-0.2, -0.15) is 5.10 Å². The van der Waals surface area contributed by atoms with Crippen LogP contribution in [0.3, 0.4) is 0 Å². The Morgan fingerprint density at radius 3 is 2.64 bits per heavy atom. The van der Waals surface area contributed by atoms with E-state index in [1.165, 1.54) is 0 Å². The average Bonchev–Trinajstić information content (AvgIpc) is 2.30. The molecule has 2 aromatic rings. The highest BCUT2D eigenvalue weighted by Gasteiger charge is 2.01. The fraction of sp³-hybridized carbons (Fsp3) is 0. The normalized spacial score (nSPS) is 10.1. The third-order valence-corrected chi connectivity index (χ3v) is 2.10. The van der Waals surface area contributed by atoms with Crippen molar-refractivity contribution in [1.29, 1.82) is 0 Å². The number of rotatable bonds is 2. The molecule has 4 nitrogen and oxygen atoms in total. The summed E-state index contributed by atoms with van der Waals surface area (Å²) < 4.78 is 0. The highest BCUT2D eigenvalue weighted by Crippen LogP contribution is 2.16. The van der Waals surface area contributed by atoms with Gasteiger partial charge in [-0.15, -0.1) is 5.10 Å². The summed E-state index contributed by atoms with van der Waals surface area (Å²) in [6.45, 7) is 0. The Balaban J connectivity index is 2.42. The Hall–Kier alpha value is -1.46. The number of nitrogens with zero attached hydrogens (tertiary/aromatic N) is 3. The molecule has 0 unspecified atom stereocenters. The standard InChI is InChI=1S/C9H8N4S/c10-14-9-12-8(6-11-13-9)7-4-2-1-3-5-7/h1-6H,10H2. The fourth-order valence-electron chi connectivity index (χ4n) is 1.09. The monoisotopic (exact) mass is 204 g/mol. The van der Waals surface area contributed by atoms with Crippen LogP contribution in [0.4, 0.5) is 0 Å². The molecule has 2 rings (SSSR count). The second-order valence-electron chi connectivity index (χ2n) is 2.61. The lowest BCUT2D eigenvalue weighted by molar-refractivity contribution is 0.845. The molecule has 0 saturated heterocycles. The highest BCUT2D eigenvalue weighted by molar-refractivity contribution is 7.96. The van der Waals surface area contributed by atoms with Gasteiger partial charge in [-0.3, -0.25) is 5.14 Å². The molecule has 70 valence electrons. The molecule has 5 heteroatoms. The summed E-state index contributed by atoms with van der Waals surface area (Å²) in [7, 11) is 0.